The van der Waals surface area contributed by atoms with E-state index in [9.17, 15) is 0 Å². The number of hydrogen-bond donors (Lipinski definition) is 2. The van der Waals surface area contributed by atoms with Crippen LogP contribution in [0.15, 0.2) is 24.3 Å². The number of nitrogens with two attached hydrogens (primary N) is 1. The van der Waals surface area contributed by atoms with Crippen molar-refractivity contribution in [3.8, 4) is 5.75 Å². The van der Waals surface area contributed by atoms with Gasteiger partial charge in [0.1, 0.15) is 5.75 Å². The number of nitrogens with one attached hydrogen (secondary N) is 1. The Hall–Kier alpha value is -1.29. The highest BCUT2D eigenvalue weighted by Crippen LogP contribution is 2.17. The lowest BCUT2D eigenvalue weighted by atomic mass is 9.99. The molecular formula is C21H36N2OS. The lowest BCUT2D eigenvalue weighted by molar-refractivity contribution is 0.414. The van der Waals surface area contributed by atoms with Gasteiger partial charge < -0.3 is 15.8 Å². The number of thiocarbonyl (C=S) groups is 1. The quantitative estimate of drug-likeness (QED) is 0.344. The fourth-order valence-electron chi connectivity index (χ4n) is 3.22. The molecule has 4 heteroatoms. The summed E-state index contributed by atoms with van der Waals surface area (Å²) >= 11 is 5.05. The molecule has 1 atom stereocenters. The van der Waals surface area contributed by atoms with E-state index in [1.807, 2.05) is 6.07 Å². The largest absolute Gasteiger partial charge is 0.497 e. The van der Waals surface area contributed by atoms with Crippen molar-refractivity contribution in [1.29, 1.82) is 0 Å². The molecule has 1 aromatic rings. The smallest absolute Gasteiger partial charge is 0.163 e. The summed E-state index contributed by atoms with van der Waals surface area (Å²) in [4.78, 5) is 0. The third kappa shape index (κ3) is 11.0. The fourth-order valence-corrected chi connectivity index (χ4v) is 3.38. The lowest BCUT2D eigenvalue weighted by Crippen LogP contribution is -2.38. The average Bonchev–Trinajstić information content (AvgIpc) is 2.60. The van der Waals surface area contributed by atoms with Crippen LogP contribution in [0.3, 0.4) is 0 Å². The molecule has 1 unspecified atom stereocenters. The SMILES string of the molecule is CCCCCCCCCC(CCCc1cccc(OC)c1)NC(N)=S. The van der Waals surface area contributed by atoms with Crippen LogP contribution in [0, 0.1) is 0 Å². The summed E-state index contributed by atoms with van der Waals surface area (Å²) in [5.41, 5.74) is 7.03. The van der Waals surface area contributed by atoms with E-state index >= 15 is 0 Å². The Morgan fingerprint density at radius 2 is 1.76 bits per heavy atom. The van der Waals surface area contributed by atoms with Crippen LogP contribution in [-0.4, -0.2) is 18.3 Å². The highest BCUT2D eigenvalue weighted by atomic mass is 32.1. The summed E-state index contributed by atoms with van der Waals surface area (Å²) in [6.07, 6.45) is 13.8. The Labute approximate surface area is 159 Å². The predicted molar refractivity (Wildman–Crippen MR) is 112 cm³/mol. The number of aryl methyl sites for hydroxylation is 1. The predicted octanol–water partition coefficient (Wildman–Crippen LogP) is 5.36. The molecule has 0 aliphatic rings. The molecule has 0 heterocycles. The standard InChI is InChI=1S/C21H36N2OS/c1-3-4-5-6-7-8-9-14-19(23-21(22)25)15-10-12-18-13-11-16-20(17-18)24-2/h11,13,16-17,19H,3-10,12,14-15H2,1-2H3,(H3,22,23,25). The van der Waals surface area contributed by atoms with Gasteiger partial charge in [-0.25, -0.2) is 0 Å². The Kier molecular flexibility index (Phi) is 12.1. The van der Waals surface area contributed by atoms with Gasteiger partial charge in [0.25, 0.3) is 0 Å². The number of benzene rings is 1. The molecule has 1 aromatic carbocycles. The van der Waals surface area contributed by atoms with Crippen molar-refractivity contribution in [3.63, 3.8) is 0 Å². The molecule has 0 fully saturated rings. The lowest BCUT2D eigenvalue weighted by Gasteiger charge is -2.19. The monoisotopic (exact) mass is 364 g/mol. The van der Waals surface area contributed by atoms with Gasteiger partial charge in [-0.05, 0) is 55.6 Å². The molecule has 0 bridgehead atoms. The first-order chi connectivity index (χ1) is 12.2. The zero-order chi connectivity index (χ0) is 18.3. The van der Waals surface area contributed by atoms with Gasteiger partial charge in [0.05, 0.1) is 7.11 Å². The number of hydrogen-bond acceptors (Lipinski definition) is 2. The summed E-state index contributed by atoms with van der Waals surface area (Å²) in [6.45, 7) is 2.26. The van der Waals surface area contributed by atoms with E-state index in [2.05, 4.69) is 30.4 Å². The van der Waals surface area contributed by atoms with Crippen molar-refractivity contribution >= 4 is 17.3 Å². The average molecular weight is 365 g/mol. The third-order valence-corrected chi connectivity index (χ3v) is 4.77. The second-order valence-corrected chi connectivity index (χ2v) is 7.30. The highest BCUT2D eigenvalue weighted by Gasteiger charge is 2.09. The first-order valence-electron chi connectivity index (χ1n) is 9.84. The Balaban J connectivity index is 2.26. The zero-order valence-corrected chi connectivity index (χ0v) is 16.9. The molecule has 0 radical (unpaired) electrons. The van der Waals surface area contributed by atoms with Gasteiger partial charge in [-0.2, -0.15) is 0 Å². The molecule has 0 aliphatic carbocycles. The van der Waals surface area contributed by atoms with Crippen molar-refractivity contribution in [2.45, 2.75) is 83.6 Å². The maximum absolute atomic E-state index is 5.70. The minimum atomic E-state index is 0.402. The van der Waals surface area contributed by atoms with Gasteiger partial charge >= 0.3 is 0 Å². The second kappa shape index (κ2) is 13.9. The summed E-state index contributed by atoms with van der Waals surface area (Å²) in [5, 5.41) is 3.71. The van der Waals surface area contributed by atoms with Crippen LogP contribution in [0.5, 0.6) is 5.75 Å². The van der Waals surface area contributed by atoms with Crippen LogP contribution in [0.1, 0.15) is 76.7 Å². The van der Waals surface area contributed by atoms with E-state index in [1.165, 1.54) is 50.5 Å². The maximum atomic E-state index is 5.70. The van der Waals surface area contributed by atoms with E-state index in [-0.39, 0.29) is 0 Å². The molecule has 0 aromatic heterocycles. The summed E-state index contributed by atoms with van der Waals surface area (Å²) < 4.78 is 5.29. The van der Waals surface area contributed by atoms with Crippen molar-refractivity contribution in [3.05, 3.63) is 29.8 Å². The van der Waals surface area contributed by atoms with Crippen LogP contribution in [0.2, 0.25) is 0 Å². The van der Waals surface area contributed by atoms with Crippen LogP contribution in [0.25, 0.3) is 0 Å². The van der Waals surface area contributed by atoms with Crippen LogP contribution < -0.4 is 15.8 Å². The topological polar surface area (TPSA) is 47.3 Å². The van der Waals surface area contributed by atoms with E-state index in [4.69, 9.17) is 22.7 Å². The fraction of sp³-hybridized carbons (Fsp3) is 0.667. The molecule has 0 saturated heterocycles. The number of unbranched alkanes of at least 4 members (excludes halogenated alkanes) is 6. The van der Waals surface area contributed by atoms with E-state index in [0.29, 0.717) is 11.2 Å². The molecule has 3 N–H and O–H groups in total. The number of rotatable bonds is 14. The molecule has 142 valence electrons. The van der Waals surface area contributed by atoms with Gasteiger partial charge in [0.15, 0.2) is 5.11 Å². The van der Waals surface area contributed by atoms with Gasteiger partial charge in [0, 0.05) is 6.04 Å². The normalized spacial score (nSPS) is 11.9. The highest BCUT2D eigenvalue weighted by molar-refractivity contribution is 7.80. The molecule has 0 spiro atoms. The van der Waals surface area contributed by atoms with E-state index in [1.54, 1.807) is 7.11 Å². The minimum absolute atomic E-state index is 0.402. The Morgan fingerprint density at radius 3 is 2.44 bits per heavy atom. The molecule has 25 heavy (non-hydrogen) atoms. The molecule has 1 rings (SSSR count). The summed E-state index contributed by atoms with van der Waals surface area (Å²) in [7, 11) is 1.71. The first kappa shape index (κ1) is 21.8. The molecule has 0 aliphatic heterocycles. The second-order valence-electron chi connectivity index (χ2n) is 6.86. The molecule has 0 saturated carbocycles. The van der Waals surface area contributed by atoms with E-state index < -0.39 is 0 Å². The Morgan fingerprint density at radius 1 is 1.08 bits per heavy atom. The van der Waals surface area contributed by atoms with Gasteiger partial charge in [-0.15, -0.1) is 0 Å². The maximum Gasteiger partial charge on any atom is 0.163 e. The molecule has 3 nitrogen and oxygen atoms in total. The van der Waals surface area contributed by atoms with E-state index in [0.717, 1.165) is 31.4 Å². The van der Waals surface area contributed by atoms with Crippen molar-refractivity contribution in [2.75, 3.05) is 7.11 Å². The number of methoxy groups -OCH3 is 1. The van der Waals surface area contributed by atoms with Gasteiger partial charge in [-0.1, -0.05) is 64.0 Å². The van der Waals surface area contributed by atoms with Crippen LogP contribution in [-0.2, 0) is 6.42 Å². The van der Waals surface area contributed by atoms with Crippen molar-refractivity contribution < 1.29 is 4.74 Å². The van der Waals surface area contributed by atoms with Gasteiger partial charge in [-0.3, -0.25) is 0 Å². The van der Waals surface area contributed by atoms with Crippen LogP contribution in [0.4, 0.5) is 0 Å². The third-order valence-electron chi connectivity index (χ3n) is 4.65. The van der Waals surface area contributed by atoms with Gasteiger partial charge in [0.2, 0.25) is 0 Å². The van der Waals surface area contributed by atoms with Crippen molar-refractivity contribution in [1.82, 2.24) is 5.32 Å². The molecule has 0 amide bonds. The molecular weight excluding hydrogens is 328 g/mol. The minimum Gasteiger partial charge on any atom is -0.497 e. The zero-order valence-electron chi connectivity index (χ0n) is 16.1. The Bertz CT molecular complexity index is 479. The van der Waals surface area contributed by atoms with Crippen LogP contribution >= 0.6 is 12.2 Å². The number of ether oxygens (including phenoxy) is 1. The summed E-state index contributed by atoms with van der Waals surface area (Å²) in [6, 6.07) is 8.72. The summed E-state index contributed by atoms with van der Waals surface area (Å²) in [5.74, 6) is 0.929. The van der Waals surface area contributed by atoms with Crippen molar-refractivity contribution in [2.24, 2.45) is 5.73 Å². The first-order valence-corrected chi connectivity index (χ1v) is 10.3.